The molecular formula is C8H15F3N2O. The Balaban J connectivity index is 2.12. The molecule has 3 nitrogen and oxygen atoms in total. The quantitative estimate of drug-likeness (QED) is 0.736. The summed E-state index contributed by atoms with van der Waals surface area (Å²) in [7, 11) is 1.93. The Labute approximate surface area is 81.2 Å². The zero-order chi connectivity index (χ0) is 10.6. The highest BCUT2D eigenvalue weighted by Crippen LogP contribution is 2.12. The molecule has 1 unspecified atom stereocenters. The number of alkyl halides is 3. The molecule has 0 aromatic heterocycles. The van der Waals surface area contributed by atoms with E-state index in [1.165, 1.54) is 0 Å². The number of rotatable bonds is 3. The highest BCUT2D eigenvalue weighted by molar-refractivity contribution is 4.71. The van der Waals surface area contributed by atoms with Gasteiger partial charge < -0.3 is 15.0 Å². The molecule has 0 aromatic carbocycles. The Morgan fingerprint density at radius 2 is 2.21 bits per heavy atom. The van der Waals surface area contributed by atoms with Gasteiger partial charge in [-0.3, -0.25) is 0 Å². The summed E-state index contributed by atoms with van der Waals surface area (Å²) in [6.45, 7) is 1.43. The van der Waals surface area contributed by atoms with Crippen LogP contribution in [0.15, 0.2) is 0 Å². The predicted molar refractivity (Wildman–Crippen MR) is 46.2 cm³/mol. The molecule has 1 atom stereocenters. The maximum absolute atomic E-state index is 11.8. The number of nitrogens with zero attached hydrogens (tertiary/aromatic N) is 1. The number of ether oxygens (including phenoxy) is 1. The monoisotopic (exact) mass is 212 g/mol. The van der Waals surface area contributed by atoms with Crippen LogP contribution in [0.25, 0.3) is 0 Å². The topological polar surface area (TPSA) is 24.5 Å². The van der Waals surface area contributed by atoms with Gasteiger partial charge in [0.05, 0.1) is 19.3 Å². The lowest BCUT2D eigenvalue weighted by Gasteiger charge is -2.30. The molecule has 84 valence electrons. The van der Waals surface area contributed by atoms with E-state index >= 15 is 0 Å². The average Bonchev–Trinajstić information content (AvgIpc) is 2.01. The molecule has 6 heteroatoms. The normalized spacial score (nSPS) is 25.3. The van der Waals surface area contributed by atoms with Gasteiger partial charge in [0.25, 0.3) is 0 Å². The molecule has 1 saturated heterocycles. The van der Waals surface area contributed by atoms with Gasteiger partial charge in [0.1, 0.15) is 0 Å². The lowest BCUT2D eigenvalue weighted by atomic mass is 10.3. The van der Waals surface area contributed by atoms with E-state index in [-0.39, 0.29) is 12.6 Å². The molecule has 0 radical (unpaired) electrons. The number of nitrogens with one attached hydrogen (secondary N) is 1. The van der Waals surface area contributed by atoms with Crippen molar-refractivity contribution in [2.24, 2.45) is 0 Å². The van der Waals surface area contributed by atoms with Crippen molar-refractivity contribution in [2.45, 2.75) is 12.3 Å². The maximum Gasteiger partial charge on any atom is 0.401 e. The van der Waals surface area contributed by atoms with Gasteiger partial charge in [-0.1, -0.05) is 0 Å². The van der Waals surface area contributed by atoms with Crippen molar-refractivity contribution in [1.82, 2.24) is 10.2 Å². The maximum atomic E-state index is 11.8. The molecule has 1 rings (SSSR count). The first kappa shape index (κ1) is 11.7. The van der Waals surface area contributed by atoms with Crippen molar-refractivity contribution in [1.29, 1.82) is 0 Å². The lowest BCUT2D eigenvalue weighted by molar-refractivity contribution is -0.126. The fraction of sp³-hybridized carbons (Fsp3) is 1.00. The van der Waals surface area contributed by atoms with Gasteiger partial charge in [-0.2, -0.15) is 13.2 Å². The van der Waals surface area contributed by atoms with Crippen LogP contribution in [0.4, 0.5) is 13.2 Å². The number of halogens is 3. The van der Waals surface area contributed by atoms with E-state index in [1.54, 1.807) is 0 Å². The van der Waals surface area contributed by atoms with Crippen LogP contribution >= 0.6 is 0 Å². The lowest BCUT2D eigenvalue weighted by Crippen LogP contribution is -2.46. The molecule has 1 aliphatic heterocycles. The number of hydrogen-bond donors (Lipinski definition) is 1. The summed E-state index contributed by atoms with van der Waals surface area (Å²) in [6.07, 6.45) is -4.27. The highest BCUT2D eigenvalue weighted by Gasteiger charge is 2.27. The van der Waals surface area contributed by atoms with Crippen LogP contribution in [0.5, 0.6) is 0 Å². The summed E-state index contributed by atoms with van der Waals surface area (Å²) in [5, 5.41) is 2.34. The molecule has 1 aliphatic rings. The van der Waals surface area contributed by atoms with Crippen LogP contribution in [0.3, 0.4) is 0 Å². The average molecular weight is 212 g/mol. The van der Waals surface area contributed by atoms with Crippen LogP contribution in [0.2, 0.25) is 0 Å². The van der Waals surface area contributed by atoms with E-state index in [9.17, 15) is 13.2 Å². The van der Waals surface area contributed by atoms with Gasteiger partial charge in [-0.05, 0) is 7.05 Å². The fourth-order valence-electron chi connectivity index (χ4n) is 1.37. The van der Waals surface area contributed by atoms with Crippen LogP contribution in [0, 0.1) is 0 Å². The molecule has 0 amide bonds. The van der Waals surface area contributed by atoms with Crippen LogP contribution in [-0.4, -0.2) is 57.0 Å². The summed E-state index contributed by atoms with van der Waals surface area (Å²) in [5.41, 5.74) is 0. The molecule has 14 heavy (non-hydrogen) atoms. The molecule has 0 aromatic rings. The third-order valence-electron chi connectivity index (χ3n) is 2.04. The second kappa shape index (κ2) is 4.95. The van der Waals surface area contributed by atoms with Gasteiger partial charge in [0.2, 0.25) is 0 Å². The Morgan fingerprint density at radius 1 is 1.50 bits per heavy atom. The second-order valence-electron chi connectivity index (χ2n) is 3.50. The molecule has 0 saturated carbocycles. The van der Waals surface area contributed by atoms with Crippen LogP contribution in [0.1, 0.15) is 0 Å². The summed E-state index contributed by atoms with van der Waals surface area (Å²) < 4.78 is 40.6. The van der Waals surface area contributed by atoms with Gasteiger partial charge in [-0.25, -0.2) is 0 Å². The molecule has 0 aliphatic carbocycles. The summed E-state index contributed by atoms with van der Waals surface area (Å²) in [4.78, 5) is 2.05. The van der Waals surface area contributed by atoms with E-state index in [2.05, 4.69) is 5.32 Å². The smallest absolute Gasteiger partial charge is 0.374 e. The van der Waals surface area contributed by atoms with Gasteiger partial charge in [-0.15, -0.1) is 0 Å². The molecule has 0 spiro atoms. The minimum atomic E-state index is -4.14. The molecule has 1 fully saturated rings. The molecule has 0 bridgehead atoms. The van der Waals surface area contributed by atoms with Crippen molar-refractivity contribution < 1.29 is 17.9 Å². The van der Waals surface area contributed by atoms with E-state index in [4.69, 9.17) is 4.74 Å². The van der Waals surface area contributed by atoms with E-state index in [1.807, 2.05) is 11.9 Å². The largest absolute Gasteiger partial charge is 0.401 e. The van der Waals surface area contributed by atoms with Crippen molar-refractivity contribution in [3.63, 3.8) is 0 Å². The molecule has 1 heterocycles. The SMILES string of the molecule is CN1CCOC(CNCC(F)(F)F)C1. The van der Waals surface area contributed by atoms with E-state index < -0.39 is 12.7 Å². The molecular weight excluding hydrogens is 197 g/mol. The Kier molecular flexibility index (Phi) is 4.15. The minimum absolute atomic E-state index is 0.129. The first-order valence-electron chi connectivity index (χ1n) is 4.55. The minimum Gasteiger partial charge on any atom is -0.374 e. The van der Waals surface area contributed by atoms with Crippen molar-refractivity contribution in [3.05, 3.63) is 0 Å². The summed E-state index contributed by atoms with van der Waals surface area (Å²) in [5.74, 6) is 0. The zero-order valence-corrected chi connectivity index (χ0v) is 8.10. The van der Waals surface area contributed by atoms with Crippen molar-refractivity contribution in [3.8, 4) is 0 Å². The first-order valence-corrected chi connectivity index (χ1v) is 4.55. The van der Waals surface area contributed by atoms with E-state index in [0.717, 1.165) is 6.54 Å². The number of morpholine rings is 1. The van der Waals surface area contributed by atoms with Gasteiger partial charge in [0.15, 0.2) is 0 Å². The Morgan fingerprint density at radius 3 is 2.79 bits per heavy atom. The zero-order valence-electron chi connectivity index (χ0n) is 8.10. The highest BCUT2D eigenvalue weighted by atomic mass is 19.4. The third kappa shape index (κ3) is 4.78. The van der Waals surface area contributed by atoms with E-state index in [0.29, 0.717) is 13.2 Å². The van der Waals surface area contributed by atoms with Gasteiger partial charge >= 0.3 is 6.18 Å². The van der Waals surface area contributed by atoms with Crippen molar-refractivity contribution >= 4 is 0 Å². The first-order chi connectivity index (χ1) is 6.47. The number of likely N-dealkylation sites (N-methyl/N-ethyl adjacent to an activating group) is 1. The number of hydrogen-bond acceptors (Lipinski definition) is 3. The van der Waals surface area contributed by atoms with Gasteiger partial charge in [0, 0.05) is 19.6 Å². The van der Waals surface area contributed by atoms with Crippen LogP contribution in [-0.2, 0) is 4.74 Å². The molecule has 1 N–H and O–H groups in total. The van der Waals surface area contributed by atoms with Crippen LogP contribution < -0.4 is 5.32 Å². The summed E-state index contributed by atoms with van der Waals surface area (Å²) in [6, 6.07) is 0. The van der Waals surface area contributed by atoms with Crippen molar-refractivity contribution in [2.75, 3.05) is 39.8 Å². The standard InChI is InChI=1S/C8H15F3N2O/c1-13-2-3-14-7(5-13)4-12-6-8(9,10)11/h7,12H,2-6H2,1H3. The second-order valence-corrected chi connectivity index (χ2v) is 3.50. The summed E-state index contributed by atoms with van der Waals surface area (Å²) >= 11 is 0. The third-order valence-corrected chi connectivity index (χ3v) is 2.04. The fourth-order valence-corrected chi connectivity index (χ4v) is 1.37. The Bertz CT molecular complexity index is 174. The predicted octanol–water partition coefficient (Wildman–Crippen LogP) is 0.469. The Hall–Kier alpha value is -0.330.